The number of nitrogens with one attached hydrogen (secondary N) is 1. The van der Waals surface area contributed by atoms with Crippen LogP contribution in [-0.2, 0) is 6.54 Å². The number of carbonyl (C=O) groups excluding carboxylic acids is 1. The van der Waals surface area contributed by atoms with Gasteiger partial charge < -0.3 is 10.4 Å². The average molecular weight is 245 g/mol. The summed E-state index contributed by atoms with van der Waals surface area (Å²) in [7, 11) is 0. The molecule has 3 nitrogen and oxygen atoms in total. The van der Waals surface area contributed by atoms with Crippen LogP contribution in [0.1, 0.15) is 15.9 Å². The van der Waals surface area contributed by atoms with E-state index in [1.54, 1.807) is 12.1 Å². The molecule has 0 heterocycles. The summed E-state index contributed by atoms with van der Waals surface area (Å²) in [5.41, 5.74) is 1.14. The highest BCUT2D eigenvalue weighted by atomic mass is 19.1. The predicted octanol–water partition coefficient (Wildman–Crippen LogP) is 2.46. The third-order valence-corrected chi connectivity index (χ3v) is 2.47. The Hall–Kier alpha value is -2.36. The molecule has 1 amide bonds. The van der Waals surface area contributed by atoms with Crippen molar-refractivity contribution in [2.75, 3.05) is 0 Å². The van der Waals surface area contributed by atoms with Crippen LogP contribution in [-0.4, -0.2) is 11.0 Å². The minimum Gasteiger partial charge on any atom is -0.508 e. The fraction of sp³-hybridized carbons (Fsp3) is 0.0714. The van der Waals surface area contributed by atoms with Crippen molar-refractivity contribution in [3.8, 4) is 5.75 Å². The van der Waals surface area contributed by atoms with Gasteiger partial charge in [0.2, 0.25) is 0 Å². The minimum absolute atomic E-state index is 0.108. The van der Waals surface area contributed by atoms with Gasteiger partial charge in [-0.05, 0) is 42.0 Å². The van der Waals surface area contributed by atoms with Crippen LogP contribution in [0, 0.1) is 5.82 Å². The number of amides is 1. The molecule has 0 saturated carbocycles. The second-order valence-corrected chi connectivity index (χ2v) is 3.86. The molecule has 0 aliphatic carbocycles. The SMILES string of the molecule is O=C(NCc1cccc(F)c1)c1ccc(O)cc1. The molecule has 2 rings (SSSR count). The van der Waals surface area contributed by atoms with Gasteiger partial charge in [0, 0.05) is 12.1 Å². The van der Waals surface area contributed by atoms with Gasteiger partial charge >= 0.3 is 0 Å². The van der Waals surface area contributed by atoms with E-state index in [1.807, 2.05) is 0 Å². The highest BCUT2D eigenvalue weighted by Crippen LogP contribution is 2.10. The summed E-state index contributed by atoms with van der Waals surface area (Å²) < 4.78 is 12.9. The molecule has 0 aliphatic heterocycles. The molecule has 4 heteroatoms. The van der Waals surface area contributed by atoms with Crippen LogP contribution in [0.2, 0.25) is 0 Å². The maximum absolute atomic E-state index is 12.9. The smallest absolute Gasteiger partial charge is 0.251 e. The number of carbonyl (C=O) groups is 1. The molecule has 0 atom stereocenters. The Morgan fingerprint density at radius 1 is 1.17 bits per heavy atom. The van der Waals surface area contributed by atoms with Crippen LogP contribution < -0.4 is 5.32 Å². The van der Waals surface area contributed by atoms with Gasteiger partial charge in [-0.15, -0.1) is 0 Å². The zero-order chi connectivity index (χ0) is 13.0. The summed E-state index contributed by atoms with van der Waals surface area (Å²) >= 11 is 0. The summed E-state index contributed by atoms with van der Waals surface area (Å²) in [5, 5.41) is 11.8. The van der Waals surface area contributed by atoms with Crippen LogP contribution in [0.4, 0.5) is 4.39 Å². The summed E-state index contributed by atoms with van der Waals surface area (Å²) in [6.45, 7) is 0.261. The minimum atomic E-state index is -0.327. The highest BCUT2D eigenvalue weighted by molar-refractivity contribution is 5.94. The van der Waals surface area contributed by atoms with Crippen molar-refractivity contribution < 1.29 is 14.3 Å². The monoisotopic (exact) mass is 245 g/mol. The summed E-state index contributed by atoms with van der Waals surface area (Å²) in [4.78, 5) is 11.7. The Balaban J connectivity index is 1.98. The van der Waals surface area contributed by atoms with Gasteiger partial charge in [-0.2, -0.15) is 0 Å². The molecule has 2 aromatic carbocycles. The third-order valence-electron chi connectivity index (χ3n) is 2.47. The maximum atomic E-state index is 12.9. The molecule has 2 aromatic rings. The molecule has 92 valence electrons. The predicted molar refractivity (Wildman–Crippen MR) is 65.7 cm³/mol. The molecule has 0 spiro atoms. The molecule has 0 bridgehead atoms. The fourth-order valence-corrected chi connectivity index (χ4v) is 1.54. The molecular formula is C14H12FNO2. The molecule has 0 unspecified atom stereocenters. The number of halogens is 1. The Labute approximate surface area is 104 Å². The lowest BCUT2D eigenvalue weighted by atomic mass is 10.2. The maximum Gasteiger partial charge on any atom is 0.251 e. The van der Waals surface area contributed by atoms with Gasteiger partial charge in [-0.3, -0.25) is 4.79 Å². The molecule has 0 aliphatic rings. The summed E-state index contributed by atoms with van der Waals surface area (Å²) in [6.07, 6.45) is 0. The molecule has 18 heavy (non-hydrogen) atoms. The van der Waals surface area contributed by atoms with E-state index in [4.69, 9.17) is 5.11 Å². The number of benzene rings is 2. The first-order valence-corrected chi connectivity index (χ1v) is 5.47. The lowest BCUT2D eigenvalue weighted by molar-refractivity contribution is 0.0951. The van der Waals surface area contributed by atoms with E-state index < -0.39 is 0 Å². The summed E-state index contributed by atoms with van der Waals surface area (Å²) in [5.74, 6) is -0.484. The number of rotatable bonds is 3. The largest absolute Gasteiger partial charge is 0.508 e. The van der Waals surface area contributed by atoms with Crippen molar-refractivity contribution in [3.63, 3.8) is 0 Å². The van der Waals surface area contributed by atoms with Crippen molar-refractivity contribution in [1.29, 1.82) is 0 Å². The van der Waals surface area contributed by atoms with Crippen molar-refractivity contribution >= 4 is 5.91 Å². The van der Waals surface area contributed by atoms with Gasteiger partial charge in [0.15, 0.2) is 0 Å². The Morgan fingerprint density at radius 2 is 1.89 bits per heavy atom. The van der Waals surface area contributed by atoms with Gasteiger partial charge in [0.25, 0.3) is 5.91 Å². The van der Waals surface area contributed by atoms with E-state index in [0.717, 1.165) is 0 Å². The van der Waals surface area contributed by atoms with Crippen molar-refractivity contribution in [3.05, 3.63) is 65.5 Å². The lowest BCUT2D eigenvalue weighted by Gasteiger charge is -2.05. The van der Waals surface area contributed by atoms with Gasteiger partial charge in [0.05, 0.1) is 0 Å². The Kier molecular flexibility index (Phi) is 3.57. The van der Waals surface area contributed by atoms with Crippen LogP contribution in [0.25, 0.3) is 0 Å². The third kappa shape index (κ3) is 3.07. The van der Waals surface area contributed by atoms with Crippen LogP contribution >= 0.6 is 0 Å². The van der Waals surface area contributed by atoms with E-state index in [-0.39, 0.29) is 24.0 Å². The highest BCUT2D eigenvalue weighted by Gasteiger charge is 2.05. The molecule has 2 N–H and O–H groups in total. The molecular weight excluding hydrogens is 233 g/mol. The normalized spacial score (nSPS) is 10.1. The van der Waals surface area contributed by atoms with Gasteiger partial charge in [-0.1, -0.05) is 12.1 Å². The Morgan fingerprint density at radius 3 is 2.56 bits per heavy atom. The van der Waals surface area contributed by atoms with E-state index in [0.29, 0.717) is 11.1 Å². The zero-order valence-corrected chi connectivity index (χ0v) is 9.56. The van der Waals surface area contributed by atoms with Gasteiger partial charge in [0.1, 0.15) is 11.6 Å². The molecule has 0 aromatic heterocycles. The number of hydrogen-bond donors (Lipinski definition) is 2. The molecule has 0 saturated heterocycles. The first-order chi connectivity index (χ1) is 8.65. The van der Waals surface area contributed by atoms with E-state index in [2.05, 4.69) is 5.32 Å². The second-order valence-electron chi connectivity index (χ2n) is 3.86. The first kappa shape index (κ1) is 12.1. The number of phenols is 1. The average Bonchev–Trinajstić information content (AvgIpc) is 2.37. The van der Waals surface area contributed by atoms with Gasteiger partial charge in [-0.25, -0.2) is 4.39 Å². The first-order valence-electron chi connectivity index (χ1n) is 5.47. The van der Waals surface area contributed by atoms with Crippen molar-refractivity contribution in [2.24, 2.45) is 0 Å². The van der Waals surface area contributed by atoms with E-state index >= 15 is 0 Å². The van der Waals surface area contributed by atoms with Crippen LogP contribution in [0.15, 0.2) is 48.5 Å². The van der Waals surface area contributed by atoms with E-state index in [9.17, 15) is 9.18 Å². The Bertz CT molecular complexity index is 552. The second kappa shape index (κ2) is 5.31. The van der Waals surface area contributed by atoms with Crippen LogP contribution in [0.5, 0.6) is 5.75 Å². The molecule has 0 radical (unpaired) electrons. The van der Waals surface area contributed by atoms with Crippen molar-refractivity contribution in [2.45, 2.75) is 6.54 Å². The number of hydrogen-bond acceptors (Lipinski definition) is 2. The van der Waals surface area contributed by atoms with Crippen molar-refractivity contribution in [1.82, 2.24) is 5.32 Å². The van der Waals surface area contributed by atoms with Crippen LogP contribution in [0.3, 0.4) is 0 Å². The topological polar surface area (TPSA) is 49.3 Å². The van der Waals surface area contributed by atoms with E-state index in [1.165, 1.54) is 36.4 Å². The zero-order valence-electron chi connectivity index (χ0n) is 9.56. The summed E-state index contributed by atoms with van der Waals surface area (Å²) in [6, 6.07) is 12.0. The standard InChI is InChI=1S/C14H12FNO2/c15-12-3-1-2-10(8-12)9-16-14(18)11-4-6-13(17)7-5-11/h1-8,17H,9H2,(H,16,18). The number of phenolic OH excluding ortho intramolecular Hbond substituents is 1. The molecule has 0 fully saturated rings. The number of aromatic hydroxyl groups is 1. The quantitative estimate of drug-likeness (QED) is 0.872. The fourth-order valence-electron chi connectivity index (χ4n) is 1.54. The lowest BCUT2D eigenvalue weighted by Crippen LogP contribution is -2.22.